The van der Waals surface area contributed by atoms with Gasteiger partial charge in [0.15, 0.2) is 12.1 Å². The number of carbonyl (C=O) groups excluding carboxylic acids is 2. The van der Waals surface area contributed by atoms with Gasteiger partial charge in [0.1, 0.15) is 5.75 Å². The van der Waals surface area contributed by atoms with Crippen LogP contribution >= 0.6 is 0 Å². The Morgan fingerprint density at radius 3 is 2.29 bits per heavy atom. The standard InChI is InChI=1S/C11H9F3O3/c1-6(16)7-3-9(11(12,13)14)8(5-15)10(4-7)17-2/h3-5H,1-2H3. The summed E-state index contributed by atoms with van der Waals surface area (Å²) in [5.74, 6) is -0.800. The van der Waals surface area contributed by atoms with Gasteiger partial charge in [-0.2, -0.15) is 13.2 Å². The number of alkyl halides is 3. The lowest BCUT2D eigenvalue weighted by Gasteiger charge is -2.13. The van der Waals surface area contributed by atoms with E-state index in [1.807, 2.05) is 0 Å². The number of halogens is 3. The molecule has 0 spiro atoms. The number of aldehydes is 1. The van der Waals surface area contributed by atoms with Gasteiger partial charge in [-0.15, -0.1) is 0 Å². The lowest BCUT2D eigenvalue weighted by atomic mass is 10.0. The summed E-state index contributed by atoms with van der Waals surface area (Å²) in [5.41, 5.74) is -1.93. The molecule has 3 nitrogen and oxygen atoms in total. The van der Waals surface area contributed by atoms with Gasteiger partial charge in [-0.3, -0.25) is 9.59 Å². The van der Waals surface area contributed by atoms with E-state index in [1.165, 1.54) is 0 Å². The molecule has 0 heterocycles. The number of Topliss-reactive ketones (excluding diaryl/α,β-unsaturated/α-hetero) is 1. The minimum Gasteiger partial charge on any atom is -0.496 e. The highest BCUT2D eigenvalue weighted by molar-refractivity contribution is 5.96. The summed E-state index contributed by atoms with van der Waals surface area (Å²) < 4.78 is 42.7. The number of ether oxygens (including phenoxy) is 1. The Bertz CT molecular complexity index is 464. The van der Waals surface area contributed by atoms with E-state index < -0.39 is 23.1 Å². The molecule has 0 unspecified atom stereocenters. The van der Waals surface area contributed by atoms with Gasteiger partial charge in [0.25, 0.3) is 0 Å². The Hall–Kier alpha value is -1.85. The highest BCUT2D eigenvalue weighted by atomic mass is 19.4. The lowest BCUT2D eigenvalue weighted by molar-refractivity contribution is -0.137. The van der Waals surface area contributed by atoms with E-state index in [-0.39, 0.29) is 17.6 Å². The van der Waals surface area contributed by atoms with E-state index in [2.05, 4.69) is 4.74 Å². The van der Waals surface area contributed by atoms with E-state index in [9.17, 15) is 22.8 Å². The predicted octanol–water partition coefficient (Wildman–Crippen LogP) is 2.73. The maximum atomic E-state index is 12.7. The SMILES string of the molecule is COc1cc(C(C)=O)cc(C(F)(F)F)c1C=O. The van der Waals surface area contributed by atoms with Crippen LogP contribution in [-0.4, -0.2) is 19.2 Å². The number of benzene rings is 1. The summed E-state index contributed by atoms with van der Waals surface area (Å²) in [6.45, 7) is 1.13. The molecule has 0 aliphatic carbocycles. The Morgan fingerprint density at radius 1 is 1.35 bits per heavy atom. The molecule has 0 aromatic heterocycles. The van der Waals surface area contributed by atoms with E-state index in [4.69, 9.17) is 0 Å². The maximum Gasteiger partial charge on any atom is 0.417 e. The van der Waals surface area contributed by atoms with Crippen molar-refractivity contribution in [3.05, 3.63) is 28.8 Å². The third kappa shape index (κ3) is 2.64. The molecule has 0 bridgehead atoms. The molecule has 6 heteroatoms. The summed E-state index contributed by atoms with van der Waals surface area (Å²) in [7, 11) is 1.13. The van der Waals surface area contributed by atoms with Crippen LogP contribution in [0.2, 0.25) is 0 Å². The molecule has 0 fully saturated rings. The zero-order valence-electron chi connectivity index (χ0n) is 9.09. The van der Waals surface area contributed by atoms with Crippen molar-refractivity contribution in [3.63, 3.8) is 0 Å². The van der Waals surface area contributed by atoms with Crippen LogP contribution in [0.5, 0.6) is 5.75 Å². The van der Waals surface area contributed by atoms with E-state index in [0.29, 0.717) is 6.07 Å². The van der Waals surface area contributed by atoms with Gasteiger partial charge in [-0.25, -0.2) is 0 Å². The van der Waals surface area contributed by atoms with Gasteiger partial charge in [-0.1, -0.05) is 0 Å². The van der Waals surface area contributed by atoms with Crippen LogP contribution in [0.15, 0.2) is 12.1 Å². The smallest absolute Gasteiger partial charge is 0.417 e. The van der Waals surface area contributed by atoms with Crippen LogP contribution in [0.1, 0.15) is 33.2 Å². The number of hydrogen-bond donors (Lipinski definition) is 0. The predicted molar refractivity (Wildman–Crippen MR) is 53.4 cm³/mol. The third-order valence-electron chi connectivity index (χ3n) is 2.19. The zero-order valence-corrected chi connectivity index (χ0v) is 9.09. The van der Waals surface area contributed by atoms with Gasteiger partial charge in [-0.05, 0) is 19.1 Å². The molecule has 0 atom stereocenters. The first kappa shape index (κ1) is 13.2. The second-order valence-electron chi connectivity index (χ2n) is 3.31. The van der Waals surface area contributed by atoms with Crippen LogP contribution < -0.4 is 4.74 Å². The van der Waals surface area contributed by atoms with Crippen molar-refractivity contribution in [2.75, 3.05) is 7.11 Å². The highest BCUT2D eigenvalue weighted by Crippen LogP contribution is 2.36. The number of carbonyl (C=O) groups is 2. The molecule has 0 N–H and O–H groups in total. The second-order valence-corrected chi connectivity index (χ2v) is 3.31. The third-order valence-corrected chi connectivity index (χ3v) is 2.19. The van der Waals surface area contributed by atoms with Crippen molar-refractivity contribution >= 4 is 12.1 Å². The second kappa shape index (κ2) is 4.57. The fourth-order valence-electron chi connectivity index (χ4n) is 1.35. The molecule has 1 aromatic rings. The van der Waals surface area contributed by atoms with Gasteiger partial charge < -0.3 is 4.74 Å². The average Bonchev–Trinajstić information content (AvgIpc) is 2.25. The first-order valence-electron chi connectivity index (χ1n) is 4.56. The summed E-state index contributed by atoms with van der Waals surface area (Å²) in [5, 5.41) is 0. The number of methoxy groups -OCH3 is 1. The molecule has 0 saturated carbocycles. The Labute approximate surface area is 95.2 Å². The average molecular weight is 246 g/mol. The fourth-order valence-corrected chi connectivity index (χ4v) is 1.35. The van der Waals surface area contributed by atoms with Gasteiger partial charge in [0.2, 0.25) is 0 Å². The van der Waals surface area contributed by atoms with Crippen molar-refractivity contribution in [1.29, 1.82) is 0 Å². The normalized spacial score (nSPS) is 11.1. The summed E-state index contributed by atoms with van der Waals surface area (Å²) in [6.07, 6.45) is -4.65. The van der Waals surface area contributed by atoms with Crippen LogP contribution in [0, 0.1) is 0 Å². The van der Waals surface area contributed by atoms with Crippen LogP contribution in [-0.2, 0) is 6.18 Å². The summed E-state index contributed by atoms with van der Waals surface area (Å²) >= 11 is 0. The number of hydrogen-bond acceptors (Lipinski definition) is 3. The monoisotopic (exact) mass is 246 g/mol. The van der Waals surface area contributed by atoms with E-state index in [1.54, 1.807) is 0 Å². The molecule has 0 aliphatic heterocycles. The molecular formula is C11H9F3O3. The van der Waals surface area contributed by atoms with Crippen molar-refractivity contribution in [2.45, 2.75) is 13.1 Å². The number of rotatable bonds is 3. The summed E-state index contributed by atoms with van der Waals surface area (Å²) in [4.78, 5) is 21.8. The van der Waals surface area contributed by atoms with Crippen molar-refractivity contribution in [3.8, 4) is 5.75 Å². The van der Waals surface area contributed by atoms with Crippen LogP contribution in [0.3, 0.4) is 0 Å². The van der Waals surface area contributed by atoms with E-state index in [0.717, 1.165) is 20.1 Å². The van der Waals surface area contributed by atoms with Gasteiger partial charge in [0.05, 0.1) is 18.2 Å². The van der Waals surface area contributed by atoms with E-state index >= 15 is 0 Å². The quantitative estimate of drug-likeness (QED) is 0.608. The van der Waals surface area contributed by atoms with Crippen molar-refractivity contribution in [1.82, 2.24) is 0 Å². The Balaban J connectivity index is 3.59. The highest BCUT2D eigenvalue weighted by Gasteiger charge is 2.35. The molecule has 1 aromatic carbocycles. The Morgan fingerprint density at radius 2 is 1.94 bits per heavy atom. The largest absolute Gasteiger partial charge is 0.496 e. The molecule has 1 rings (SSSR count). The number of ketones is 1. The molecule has 17 heavy (non-hydrogen) atoms. The molecule has 0 amide bonds. The molecular weight excluding hydrogens is 237 g/mol. The fraction of sp³-hybridized carbons (Fsp3) is 0.273. The Kier molecular flexibility index (Phi) is 3.55. The first-order valence-corrected chi connectivity index (χ1v) is 4.56. The van der Waals surface area contributed by atoms with Crippen molar-refractivity contribution in [2.24, 2.45) is 0 Å². The zero-order chi connectivity index (χ0) is 13.2. The van der Waals surface area contributed by atoms with Gasteiger partial charge >= 0.3 is 6.18 Å². The lowest BCUT2D eigenvalue weighted by Crippen LogP contribution is -2.12. The minimum absolute atomic E-state index is 0.0611. The molecule has 0 aliphatic rings. The van der Waals surface area contributed by atoms with Gasteiger partial charge in [0, 0.05) is 5.56 Å². The minimum atomic E-state index is -4.71. The topological polar surface area (TPSA) is 43.4 Å². The van der Waals surface area contributed by atoms with Crippen molar-refractivity contribution < 1.29 is 27.5 Å². The van der Waals surface area contributed by atoms with Crippen LogP contribution in [0.25, 0.3) is 0 Å². The maximum absolute atomic E-state index is 12.7. The molecule has 0 radical (unpaired) electrons. The van der Waals surface area contributed by atoms with Crippen LogP contribution in [0.4, 0.5) is 13.2 Å². The first-order chi connectivity index (χ1) is 7.81. The molecule has 0 saturated heterocycles. The summed E-state index contributed by atoms with van der Waals surface area (Å²) in [6, 6.07) is 1.76. The molecule has 92 valence electrons.